The quantitative estimate of drug-likeness (QED) is 0.624. The van der Waals surface area contributed by atoms with Crippen LogP contribution in [-0.2, 0) is 27.2 Å². The Bertz CT molecular complexity index is 698. The van der Waals surface area contributed by atoms with Gasteiger partial charge in [0.15, 0.2) is 0 Å². The lowest BCUT2D eigenvalue weighted by atomic mass is 10.1. The first-order valence-electron chi connectivity index (χ1n) is 9.37. The molecule has 2 heterocycles. The Labute approximate surface area is 164 Å². The van der Waals surface area contributed by atoms with Crippen molar-refractivity contribution >= 4 is 17.2 Å². The van der Waals surface area contributed by atoms with E-state index in [1.807, 2.05) is 29.2 Å². The summed E-state index contributed by atoms with van der Waals surface area (Å²) >= 11 is 1.74. The number of nitrogens with zero attached hydrogens (tertiary/aromatic N) is 1. The van der Waals surface area contributed by atoms with Gasteiger partial charge in [-0.05, 0) is 42.0 Å². The van der Waals surface area contributed by atoms with Crippen LogP contribution in [0.25, 0.3) is 0 Å². The molecule has 1 amide bonds. The van der Waals surface area contributed by atoms with Crippen LogP contribution < -0.4 is 4.74 Å². The Balaban J connectivity index is 1.57. The predicted octanol–water partition coefficient (Wildman–Crippen LogP) is 3.52. The average Bonchev–Trinajstić information content (AvgIpc) is 3.36. The summed E-state index contributed by atoms with van der Waals surface area (Å²) in [6.45, 7) is 2.65. The number of benzene rings is 1. The maximum atomic E-state index is 12.4. The molecular weight excluding hydrogens is 362 g/mol. The minimum absolute atomic E-state index is 0.0167. The lowest BCUT2D eigenvalue weighted by Gasteiger charge is -2.25. The Morgan fingerprint density at radius 3 is 3.00 bits per heavy atom. The first kappa shape index (κ1) is 19.9. The number of thiophene rings is 1. The molecule has 1 unspecified atom stereocenters. The maximum absolute atomic E-state index is 12.4. The number of carbonyl (C=O) groups excluding carboxylic acids is 1. The van der Waals surface area contributed by atoms with Crippen molar-refractivity contribution < 1.29 is 19.0 Å². The lowest BCUT2D eigenvalue weighted by Crippen LogP contribution is -2.38. The molecule has 1 fully saturated rings. The van der Waals surface area contributed by atoms with Gasteiger partial charge in [-0.3, -0.25) is 4.79 Å². The van der Waals surface area contributed by atoms with E-state index < -0.39 is 0 Å². The van der Waals surface area contributed by atoms with E-state index in [-0.39, 0.29) is 18.6 Å². The van der Waals surface area contributed by atoms with Crippen LogP contribution >= 0.6 is 11.3 Å². The molecule has 1 saturated heterocycles. The van der Waals surface area contributed by atoms with Gasteiger partial charge in [0.25, 0.3) is 0 Å². The standard InChI is InChI=1S/C21H27NO4S/c1-24-16-21(23)22(15-19-7-3-10-25-19)14-17-5-2-6-18(13-17)26-11-9-20-8-4-12-27-20/h2,4-6,8,12-13,19H,3,7,9-11,14-16H2,1H3. The fraction of sp³-hybridized carbons (Fsp3) is 0.476. The van der Waals surface area contributed by atoms with Crippen LogP contribution in [0, 0.1) is 0 Å². The Kier molecular flexibility index (Phi) is 7.68. The second-order valence-electron chi connectivity index (χ2n) is 6.67. The monoisotopic (exact) mass is 389 g/mol. The molecule has 0 aliphatic carbocycles. The van der Waals surface area contributed by atoms with Gasteiger partial charge in [0.2, 0.25) is 5.91 Å². The van der Waals surface area contributed by atoms with E-state index in [1.54, 1.807) is 18.4 Å². The fourth-order valence-electron chi connectivity index (χ4n) is 3.18. The van der Waals surface area contributed by atoms with Crippen LogP contribution in [0.2, 0.25) is 0 Å². The Morgan fingerprint density at radius 1 is 1.33 bits per heavy atom. The topological polar surface area (TPSA) is 48.0 Å². The minimum Gasteiger partial charge on any atom is -0.493 e. The molecule has 0 spiro atoms. The van der Waals surface area contributed by atoms with E-state index in [0.717, 1.165) is 37.2 Å². The normalized spacial score (nSPS) is 16.4. The summed E-state index contributed by atoms with van der Waals surface area (Å²) in [7, 11) is 1.55. The second kappa shape index (κ2) is 10.4. The van der Waals surface area contributed by atoms with Gasteiger partial charge in [-0.2, -0.15) is 0 Å². The van der Waals surface area contributed by atoms with Crippen LogP contribution in [0.15, 0.2) is 41.8 Å². The summed E-state index contributed by atoms with van der Waals surface area (Å²) in [5, 5.41) is 2.08. The molecule has 1 atom stereocenters. The highest BCUT2D eigenvalue weighted by Crippen LogP contribution is 2.19. The predicted molar refractivity (Wildman–Crippen MR) is 106 cm³/mol. The molecule has 1 aliphatic rings. The third-order valence-electron chi connectivity index (χ3n) is 4.54. The van der Waals surface area contributed by atoms with Crippen molar-refractivity contribution in [1.82, 2.24) is 4.90 Å². The third kappa shape index (κ3) is 6.34. The highest BCUT2D eigenvalue weighted by molar-refractivity contribution is 7.09. The number of amides is 1. The van der Waals surface area contributed by atoms with Gasteiger partial charge < -0.3 is 19.1 Å². The molecule has 27 heavy (non-hydrogen) atoms. The minimum atomic E-state index is -0.0167. The smallest absolute Gasteiger partial charge is 0.248 e. The molecule has 2 aromatic rings. The van der Waals surface area contributed by atoms with E-state index in [2.05, 4.69) is 17.5 Å². The van der Waals surface area contributed by atoms with Crippen LogP contribution in [0.3, 0.4) is 0 Å². The highest BCUT2D eigenvalue weighted by Gasteiger charge is 2.22. The summed E-state index contributed by atoms with van der Waals surface area (Å²) in [6, 6.07) is 12.1. The molecule has 5 nitrogen and oxygen atoms in total. The maximum Gasteiger partial charge on any atom is 0.248 e. The molecular formula is C21H27NO4S. The molecule has 146 valence electrons. The number of hydrogen-bond acceptors (Lipinski definition) is 5. The molecule has 0 saturated carbocycles. The average molecular weight is 390 g/mol. The van der Waals surface area contributed by atoms with Gasteiger partial charge in [0.1, 0.15) is 12.4 Å². The van der Waals surface area contributed by atoms with Gasteiger partial charge in [0, 0.05) is 38.1 Å². The van der Waals surface area contributed by atoms with Gasteiger partial charge in [-0.25, -0.2) is 0 Å². The summed E-state index contributed by atoms with van der Waals surface area (Å²) in [5.41, 5.74) is 1.05. The second-order valence-corrected chi connectivity index (χ2v) is 7.70. The van der Waals surface area contributed by atoms with Gasteiger partial charge in [0.05, 0.1) is 12.7 Å². The molecule has 1 aliphatic heterocycles. The summed E-state index contributed by atoms with van der Waals surface area (Å²) in [6.07, 6.45) is 3.09. The van der Waals surface area contributed by atoms with Crippen LogP contribution in [-0.4, -0.2) is 50.4 Å². The van der Waals surface area contributed by atoms with Crippen molar-refractivity contribution in [3.05, 3.63) is 52.2 Å². The van der Waals surface area contributed by atoms with Crippen LogP contribution in [0.5, 0.6) is 5.75 Å². The molecule has 0 radical (unpaired) electrons. The van der Waals surface area contributed by atoms with Gasteiger partial charge in [-0.1, -0.05) is 18.2 Å². The van der Waals surface area contributed by atoms with Crippen LogP contribution in [0.4, 0.5) is 0 Å². The summed E-state index contributed by atoms with van der Waals surface area (Å²) < 4.78 is 16.6. The number of hydrogen-bond donors (Lipinski definition) is 0. The Hall–Kier alpha value is -1.89. The van der Waals surface area contributed by atoms with E-state index >= 15 is 0 Å². The first-order chi connectivity index (χ1) is 13.2. The number of carbonyl (C=O) groups is 1. The molecule has 0 bridgehead atoms. The van der Waals surface area contributed by atoms with E-state index in [9.17, 15) is 4.79 Å². The van der Waals surface area contributed by atoms with Crippen molar-refractivity contribution in [2.45, 2.75) is 31.9 Å². The molecule has 6 heteroatoms. The number of methoxy groups -OCH3 is 1. The van der Waals surface area contributed by atoms with E-state index in [4.69, 9.17) is 14.2 Å². The van der Waals surface area contributed by atoms with Crippen LogP contribution in [0.1, 0.15) is 23.3 Å². The zero-order valence-electron chi connectivity index (χ0n) is 15.8. The molecule has 0 N–H and O–H groups in total. The highest BCUT2D eigenvalue weighted by atomic mass is 32.1. The largest absolute Gasteiger partial charge is 0.493 e. The first-order valence-corrected chi connectivity index (χ1v) is 10.2. The van der Waals surface area contributed by atoms with Crippen molar-refractivity contribution in [3.63, 3.8) is 0 Å². The SMILES string of the molecule is COCC(=O)N(Cc1cccc(OCCc2cccs2)c1)CC1CCCO1. The molecule has 3 rings (SSSR count). The van der Waals surface area contributed by atoms with E-state index in [1.165, 1.54) is 4.88 Å². The lowest BCUT2D eigenvalue weighted by molar-refractivity contribution is -0.137. The van der Waals surface area contributed by atoms with E-state index in [0.29, 0.717) is 19.7 Å². The van der Waals surface area contributed by atoms with Crippen molar-refractivity contribution in [2.75, 3.05) is 33.5 Å². The fourth-order valence-corrected chi connectivity index (χ4v) is 3.87. The van der Waals surface area contributed by atoms with Crippen molar-refractivity contribution in [3.8, 4) is 5.75 Å². The summed E-state index contributed by atoms with van der Waals surface area (Å²) in [4.78, 5) is 15.6. The van der Waals surface area contributed by atoms with Crippen molar-refractivity contribution in [2.24, 2.45) is 0 Å². The zero-order chi connectivity index (χ0) is 18.9. The van der Waals surface area contributed by atoms with Crippen molar-refractivity contribution in [1.29, 1.82) is 0 Å². The van der Waals surface area contributed by atoms with Gasteiger partial charge in [-0.15, -0.1) is 11.3 Å². The molecule has 1 aromatic carbocycles. The zero-order valence-corrected chi connectivity index (χ0v) is 16.6. The summed E-state index contributed by atoms with van der Waals surface area (Å²) in [5.74, 6) is 0.817. The number of rotatable bonds is 10. The Morgan fingerprint density at radius 2 is 2.26 bits per heavy atom. The molecule has 1 aromatic heterocycles. The number of ether oxygens (including phenoxy) is 3. The van der Waals surface area contributed by atoms with Gasteiger partial charge >= 0.3 is 0 Å². The third-order valence-corrected chi connectivity index (χ3v) is 5.47.